The average Bonchev–Trinajstić information content (AvgIpc) is 2.00. The Morgan fingerprint density at radius 3 is 2.46 bits per heavy atom. The molecule has 1 saturated carbocycles. The zero-order valence-electron chi connectivity index (χ0n) is 9.18. The molecule has 0 bridgehead atoms. The quantitative estimate of drug-likeness (QED) is 0.605. The summed E-state index contributed by atoms with van der Waals surface area (Å²) >= 11 is 0. The van der Waals surface area contributed by atoms with Crippen molar-refractivity contribution in [3.8, 4) is 0 Å². The Morgan fingerprint density at radius 2 is 2.00 bits per heavy atom. The lowest BCUT2D eigenvalue weighted by Gasteiger charge is -2.53. The Labute approximate surface area is 81.9 Å². The van der Waals surface area contributed by atoms with Crippen molar-refractivity contribution in [3.05, 3.63) is 0 Å². The fourth-order valence-electron chi connectivity index (χ4n) is 3.33. The molecule has 0 aromatic carbocycles. The van der Waals surface area contributed by atoms with Gasteiger partial charge in [-0.05, 0) is 30.6 Å². The number of ether oxygens (including phenoxy) is 1. The van der Waals surface area contributed by atoms with Gasteiger partial charge in [0.1, 0.15) is 0 Å². The lowest BCUT2D eigenvalue weighted by atomic mass is 9.64. The van der Waals surface area contributed by atoms with Crippen molar-refractivity contribution < 1.29 is 4.74 Å². The first-order chi connectivity index (χ1) is 6.14. The summed E-state index contributed by atoms with van der Waals surface area (Å²) in [6.07, 6.45) is 5.43. The normalized spacial score (nSPS) is 45.2. The summed E-state index contributed by atoms with van der Waals surface area (Å²) in [4.78, 5) is 0. The third-order valence-electron chi connectivity index (χ3n) is 4.06. The van der Waals surface area contributed by atoms with E-state index in [4.69, 9.17) is 4.74 Å². The Kier molecular flexibility index (Phi) is 2.39. The minimum absolute atomic E-state index is 0.311. The maximum Gasteiger partial charge on any atom is 0.0737 e. The van der Waals surface area contributed by atoms with E-state index in [1.807, 2.05) is 0 Å². The molecule has 0 aromatic rings. The summed E-state index contributed by atoms with van der Waals surface area (Å²) < 4.78 is 5.90. The van der Waals surface area contributed by atoms with Gasteiger partial charge in [-0.25, -0.2) is 0 Å². The minimum atomic E-state index is 0.311. The van der Waals surface area contributed by atoms with E-state index in [0.717, 1.165) is 24.4 Å². The smallest absolute Gasteiger partial charge is 0.0737 e. The Hall–Kier alpha value is -0.0400. The van der Waals surface area contributed by atoms with Gasteiger partial charge in [0, 0.05) is 6.42 Å². The predicted molar refractivity (Wildman–Crippen MR) is 54.6 cm³/mol. The Morgan fingerprint density at radius 1 is 1.31 bits per heavy atom. The average molecular weight is 182 g/mol. The molecule has 13 heavy (non-hydrogen) atoms. The van der Waals surface area contributed by atoms with Crippen LogP contribution in [-0.4, -0.2) is 12.2 Å². The molecule has 0 amide bonds. The van der Waals surface area contributed by atoms with Gasteiger partial charge in [-0.1, -0.05) is 27.2 Å². The van der Waals surface area contributed by atoms with Crippen LogP contribution in [-0.2, 0) is 4.74 Å². The summed E-state index contributed by atoms with van der Waals surface area (Å²) in [5.74, 6) is 2.51. The molecule has 1 aliphatic carbocycles. The summed E-state index contributed by atoms with van der Waals surface area (Å²) in [7, 11) is 0. The first kappa shape index (κ1) is 9.51. The van der Waals surface area contributed by atoms with Crippen molar-refractivity contribution in [2.45, 2.75) is 52.1 Å². The first-order valence-corrected chi connectivity index (χ1v) is 5.78. The molecule has 76 valence electrons. The van der Waals surface area contributed by atoms with Crippen molar-refractivity contribution in [1.82, 2.24) is 0 Å². The summed E-state index contributed by atoms with van der Waals surface area (Å²) in [6.45, 7) is 8.09. The zero-order chi connectivity index (χ0) is 9.47. The second-order valence-corrected chi connectivity index (χ2v) is 5.40. The fraction of sp³-hybridized carbons (Fsp3) is 1.00. The largest absolute Gasteiger partial charge is 0.374 e. The molecule has 2 rings (SSSR count). The molecule has 1 saturated heterocycles. The minimum Gasteiger partial charge on any atom is -0.374 e. The van der Waals surface area contributed by atoms with Gasteiger partial charge in [0.25, 0.3) is 0 Å². The van der Waals surface area contributed by atoms with Crippen LogP contribution >= 0.6 is 0 Å². The molecule has 0 N–H and O–H groups in total. The van der Waals surface area contributed by atoms with Crippen molar-refractivity contribution in [2.24, 2.45) is 17.8 Å². The van der Waals surface area contributed by atoms with Crippen molar-refractivity contribution in [3.63, 3.8) is 0 Å². The third-order valence-corrected chi connectivity index (χ3v) is 4.06. The van der Waals surface area contributed by atoms with Crippen LogP contribution in [0.5, 0.6) is 0 Å². The predicted octanol–water partition coefficient (Wildman–Crippen LogP) is 3.24. The SMILES string of the molecule is CC(C)[C@@H]1CC[C@@H](C)C[C@@]12CCO2. The molecule has 2 fully saturated rings. The van der Waals surface area contributed by atoms with Crippen molar-refractivity contribution in [1.29, 1.82) is 0 Å². The Balaban J connectivity index is 2.08. The van der Waals surface area contributed by atoms with Crippen LogP contribution in [0.2, 0.25) is 0 Å². The number of hydrogen-bond acceptors (Lipinski definition) is 1. The standard InChI is InChI=1S/C12H22O/c1-9(2)11-5-4-10(3)8-12(11)6-7-13-12/h9-11H,4-8H2,1-3H3/t10-,11+,12+/m1/s1. The second kappa shape index (κ2) is 3.27. The molecule has 1 spiro atoms. The molecule has 0 aromatic heterocycles. The molecular formula is C12H22O. The third kappa shape index (κ3) is 1.52. The van der Waals surface area contributed by atoms with Crippen LogP contribution in [0.25, 0.3) is 0 Å². The lowest BCUT2D eigenvalue weighted by Crippen LogP contribution is -2.54. The lowest BCUT2D eigenvalue weighted by molar-refractivity contribution is -0.213. The molecule has 2 aliphatic rings. The highest BCUT2D eigenvalue weighted by molar-refractivity contribution is 4.99. The van der Waals surface area contributed by atoms with Gasteiger partial charge in [0.2, 0.25) is 0 Å². The molecule has 0 unspecified atom stereocenters. The van der Waals surface area contributed by atoms with Gasteiger partial charge in [0.05, 0.1) is 12.2 Å². The van der Waals surface area contributed by atoms with Crippen LogP contribution < -0.4 is 0 Å². The maximum absolute atomic E-state index is 5.90. The highest BCUT2D eigenvalue weighted by Crippen LogP contribution is 2.49. The number of hydrogen-bond donors (Lipinski definition) is 0. The maximum atomic E-state index is 5.90. The van der Waals surface area contributed by atoms with E-state index < -0.39 is 0 Å². The van der Waals surface area contributed by atoms with E-state index in [1.165, 1.54) is 25.7 Å². The van der Waals surface area contributed by atoms with Gasteiger partial charge in [-0.2, -0.15) is 0 Å². The van der Waals surface area contributed by atoms with Crippen LogP contribution in [0, 0.1) is 17.8 Å². The number of rotatable bonds is 1. The van der Waals surface area contributed by atoms with Crippen LogP contribution in [0.4, 0.5) is 0 Å². The van der Waals surface area contributed by atoms with E-state index in [9.17, 15) is 0 Å². The molecule has 1 heterocycles. The highest BCUT2D eigenvalue weighted by atomic mass is 16.5. The Bertz CT molecular complexity index is 182. The molecule has 0 radical (unpaired) electrons. The van der Waals surface area contributed by atoms with Crippen LogP contribution in [0.15, 0.2) is 0 Å². The van der Waals surface area contributed by atoms with E-state index in [0.29, 0.717) is 5.60 Å². The molecule has 1 heteroatoms. The van der Waals surface area contributed by atoms with E-state index in [1.54, 1.807) is 0 Å². The molecule has 3 atom stereocenters. The highest BCUT2D eigenvalue weighted by Gasteiger charge is 2.49. The summed E-state index contributed by atoms with van der Waals surface area (Å²) in [6, 6.07) is 0. The van der Waals surface area contributed by atoms with Crippen molar-refractivity contribution >= 4 is 0 Å². The van der Waals surface area contributed by atoms with E-state index in [2.05, 4.69) is 20.8 Å². The van der Waals surface area contributed by atoms with Gasteiger partial charge in [0.15, 0.2) is 0 Å². The summed E-state index contributed by atoms with van der Waals surface area (Å²) in [5.41, 5.74) is 0.311. The molecule has 1 aliphatic heterocycles. The zero-order valence-corrected chi connectivity index (χ0v) is 9.18. The summed E-state index contributed by atoms with van der Waals surface area (Å²) in [5, 5.41) is 0. The van der Waals surface area contributed by atoms with E-state index >= 15 is 0 Å². The second-order valence-electron chi connectivity index (χ2n) is 5.40. The van der Waals surface area contributed by atoms with Gasteiger partial charge in [-0.15, -0.1) is 0 Å². The molecule has 1 nitrogen and oxygen atoms in total. The van der Waals surface area contributed by atoms with E-state index in [-0.39, 0.29) is 0 Å². The van der Waals surface area contributed by atoms with Gasteiger partial charge >= 0.3 is 0 Å². The first-order valence-electron chi connectivity index (χ1n) is 5.78. The fourth-order valence-corrected chi connectivity index (χ4v) is 3.33. The van der Waals surface area contributed by atoms with Crippen LogP contribution in [0.1, 0.15) is 46.5 Å². The molecular weight excluding hydrogens is 160 g/mol. The van der Waals surface area contributed by atoms with Crippen molar-refractivity contribution in [2.75, 3.05) is 6.61 Å². The monoisotopic (exact) mass is 182 g/mol. The van der Waals surface area contributed by atoms with Gasteiger partial charge in [-0.3, -0.25) is 0 Å². The van der Waals surface area contributed by atoms with Gasteiger partial charge < -0.3 is 4.74 Å². The topological polar surface area (TPSA) is 9.23 Å². The van der Waals surface area contributed by atoms with Crippen LogP contribution in [0.3, 0.4) is 0 Å².